The van der Waals surface area contributed by atoms with E-state index in [1.807, 2.05) is 0 Å². The van der Waals surface area contributed by atoms with Crippen LogP contribution in [0.1, 0.15) is 0 Å². The molecule has 8 heteroatoms. The zero-order valence-electron chi connectivity index (χ0n) is 7.94. The highest BCUT2D eigenvalue weighted by Crippen LogP contribution is 2.24. The van der Waals surface area contributed by atoms with Crippen LogP contribution in [0.25, 0.3) is 10.1 Å². The van der Waals surface area contributed by atoms with E-state index in [1.165, 1.54) is 0 Å². The third kappa shape index (κ3) is 3.17. The fourth-order valence-electron chi connectivity index (χ4n) is 1.08. The van der Waals surface area contributed by atoms with E-state index in [-0.39, 0.29) is 0 Å². The van der Waals surface area contributed by atoms with Gasteiger partial charge in [-0.25, -0.2) is 0 Å². The summed E-state index contributed by atoms with van der Waals surface area (Å²) in [6.45, 7) is 0. The molecular weight excluding hydrogens is 284 g/mol. The van der Waals surface area contributed by atoms with Crippen LogP contribution in [-0.4, -0.2) is 0 Å². The first-order chi connectivity index (χ1) is 7.76. The Bertz CT molecular complexity index is 471. The summed E-state index contributed by atoms with van der Waals surface area (Å²) >= 11 is 0. The molecule has 4 unspecified atom stereocenters. The van der Waals surface area contributed by atoms with E-state index in [9.17, 15) is 18.3 Å². The molecule has 4 atom stereocenters. The van der Waals surface area contributed by atoms with Crippen LogP contribution in [0.5, 0.6) is 0 Å². The van der Waals surface area contributed by atoms with Crippen LogP contribution in [0.2, 0.25) is 0 Å². The van der Waals surface area contributed by atoms with Gasteiger partial charge < -0.3 is 0 Å². The van der Waals surface area contributed by atoms with Crippen molar-refractivity contribution in [3.05, 3.63) is 34.7 Å². The largest absolute Gasteiger partial charge is 0.412 e. The van der Waals surface area contributed by atoms with Gasteiger partial charge in [0.25, 0.3) is 0 Å². The maximum atomic E-state index is 10.7. The lowest BCUT2D eigenvalue weighted by Gasteiger charge is -1.79. The molecule has 80 valence electrons. The molecule has 1 aromatic rings. The smallest absolute Gasteiger partial charge is 0.0662 e. The lowest BCUT2D eigenvalue weighted by molar-refractivity contribution is 0.599. The zero-order chi connectivity index (χ0) is 12.0. The van der Waals surface area contributed by atoms with Crippen molar-refractivity contribution in [2.24, 2.45) is 0 Å². The molecule has 0 saturated carbocycles. The molecule has 0 amide bonds. The standard InChI is InChI=1S/C8H4O4P4/c9-13-7(14-10)5-1-2-6(4-3-5)8(15-11)16-12/h1-4H/p+4. The molecule has 1 aromatic carbocycles. The van der Waals surface area contributed by atoms with Gasteiger partial charge in [-0.05, 0) is 24.3 Å². The van der Waals surface area contributed by atoms with Gasteiger partial charge >= 0.3 is 44.0 Å². The van der Waals surface area contributed by atoms with E-state index in [4.69, 9.17) is 0 Å². The highest BCUT2D eigenvalue weighted by molar-refractivity contribution is 7.62. The van der Waals surface area contributed by atoms with Crippen LogP contribution in [0, 0.1) is 0 Å². The SMILES string of the molecule is O=[PH+]C([PH+]=O)=c1ccc(=C([PH+]=O)[PH+]=O)cc1. The van der Waals surface area contributed by atoms with E-state index in [0.717, 1.165) is 0 Å². The van der Waals surface area contributed by atoms with Crippen molar-refractivity contribution >= 4 is 44.0 Å². The Balaban J connectivity index is 3.50. The number of hydrogen-bond donors (Lipinski definition) is 0. The summed E-state index contributed by atoms with van der Waals surface area (Å²) in [5.74, 6) is 0. The first kappa shape index (κ1) is 13.4. The van der Waals surface area contributed by atoms with E-state index >= 15 is 0 Å². The van der Waals surface area contributed by atoms with Crippen molar-refractivity contribution in [3.63, 3.8) is 0 Å². The van der Waals surface area contributed by atoms with Gasteiger partial charge in [-0.2, -0.15) is 0 Å². The second kappa shape index (κ2) is 6.84. The summed E-state index contributed by atoms with van der Waals surface area (Å²) < 4.78 is 42.8. The molecule has 0 aliphatic carbocycles. The predicted octanol–water partition coefficient (Wildman–Crippen LogP) is 1.91. The Hall–Kier alpha value is -0.640. The predicted molar refractivity (Wildman–Crippen MR) is 68.5 cm³/mol. The van der Waals surface area contributed by atoms with E-state index in [0.29, 0.717) is 20.5 Å². The molecular formula is C8H8O4P4+4. The van der Waals surface area contributed by atoms with Gasteiger partial charge in [0.2, 0.25) is 0 Å². The minimum atomic E-state index is -0.742. The van der Waals surface area contributed by atoms with Gasteiger partial charge in [-0.3, -0.25) is 0 Å². The summed E-state index contributed by atoms with van der Waals surface area (Å²) in [5.41, 5.74) is 0. The highest BCUT2D eigenvalue weighted by Gasteiger charge is 2.17. The van der Waals surface area contributed by atoms with Crippen LogP contribution in [0.3, 0.4) is 0 Å². The van der Waals surface area contributed by atoms with Crippen molar-refractivity contribution in [2.75, 3.05) is 0 Å². The average molecular weight is 292 g/mol. The van der Waals surface area contributed by atoms with E-state index in [1.54, 1.807) is 24.3 Å². The fourth-order valence-corrected chi connectivity index (χ4v) is 2.55. The van der Waals surface area contributed by atoms with Gasteiger partial charge in [-0.15, -0.1) is 0 Å². The Morgan fingerprint density at radius 3 is 1.06 bits per heavy atom. The lowest BCUT2D eigenvalue weighted by atomic mass is 10.3. The Morgan fingerprint density at radius 1 is 0.625 bits per heavy atom. The normalized spacial score (nSPS) is 11.0. The lowest BCUT2D eigenvalue weighted by Crippen LogP contribution is -2.07. The average Bonchev–Trinajstić information content (AvgIpc) is 2.34. The highest BCUT2D eigenvalue weighted by atomic mass is 31.1. The van der Waals surface area contributed by atoms with Gasteiger partial charge in [0.15, 0.2) is 0 Å². The molecule has 0 aliphatic heterocycles. The van der Waals surface area contributed by atoms with Crippen molar-refractivity contribution in [2.45, 2.75) is 0 Å². The number of benzene rings is 1. The van der Waals surface area contributed by atoms with Crippen molar-refractivity contribution in [1.29, 1.82) is 0 Å². The molecule has 0 bridgehead atoms. The molecule has 0 radical (unpaired) electrons. The maximum absolute atomic E-state index is 10.7. The number of hydrogen-bond acceptors (Lipinski definition) is 4. The molecule has 0 heterocycles. The molecule has 16 heavy (non-hydrogen) atoms. The van der Waals surface area contributed by atoms with Crippen LogP contribution in [0.15, 0.2) is 24.3 Å². The molecule has 0 saturated heterocycles. The van der Waals surface area contributed by atoms with Crippen molar-refractivity contribution in [3.8, 4) is 0 Å². The topological polar surface area (TPSA) is 68.3 Å². The Labute approximate surface area is 97.3 Å². The second-order valence-electron chi connectivity index (χ2n) is 2.74. The van der Waals surface area contributed by atoms with Crippen molar-refractivity contribution < 1.29 is 18.3 Å². The monoisotopic (exact) mass is 292 g/mol. The first-order valence-electron chi connectivity index (χ1n) is 4.14. The quantitative estimate of drug-likeness (QED) is 0.795. The Kier molecular flexibility index (Phi) is 5.74. The van der Waals surface area contributed by atoms with E-state index < -0.39 is 33.8 Å². The summed E-state index contributed by atoms with van der Waals surface area (Å²) in [6, 6.07) is 6.50. The summed E-state index contributed by atoms with van der Waals surface area (Å²) in [6.07, 6.45) is 0. The van der Waals surface area contributed by atoms with Crippen LogP contribution < -0.4 is 10.4 Å². The van der Waals surface area contributed by atoms with Crippen molar-refractivity contribution in [1.82, 2.24) is 0 Å². The third-order valence-corrected chi connectivity index (χ3v) is 5.07. The molecule has 4 nitrogen and oxygen atoms in total. The van der Waals surface area contributed by atoms with Gasteiger partial charge in [0.05, 0.1) is 10.4 Å². The van der Waals surface area contributed by atoms with E-state index in [2.05, 4.69) is 0 Å². The molecule has 0 spiro atoms. The maximum Gasteiger partial charge on any atom is 0.412 e. The van der Waals surface area contributed by atoms with Crippen LogP contribution in [-0.2, 0) is 18.3 Å². The first-order valence-corrected chi connectivity index (χ1v) is 7.77. The molecule has 0 N–H and O–H groups in total. The van der Waals surface area contributed by atoms with Gasteiger partial charge in [0.1, 0.15) is 0 Å². The van der Waals surface area contributed by atoms with Gasteiger partial charge in [0, 0.05) is 0 Å². The number of rotatable bonds is 4. The summed E-state index contributed by atoms with van der Waals surface area (Å²) in [4.78, 5) is 0. The molecule has 1 rings (SSSR count). The minimum Gasteiger partial charge on any atom is -0.0662 e. The third-order valence-electron chi connectivity index (χ3n) is 1.87. The fraction of sp³-hybridized carbons (Fsp3) is 0. The molecule has 0 fully saturated rings. The molecule has 0 aliphatic rings. The second-order valence-corrected chi connectivity index (χ2v) is 6.55. The van der Waals surface area contributed by atoms with Gasteiger partial charge in [-0.1, -0.05) is 18.3 Å². The molecule has 0 aromatic heterocycles. The Morgan fingerprint density at radius 2 is 0.875 bits per heavy atom. The summed E-state index contributed by atoms with van der Waals surface area (Å²) in [7, 11) is -2.97. The van der Waals surface area contributed by atoms with Crippen LogP contribution >= 0.6 is 33.8 Å². The minimum absolute atomic E-state index is 0.349. The zero-order valence-corrected chi connectivity index (χ0v) is 11.9. The van der Waals surface area contributed by atoms with Crippen LogP contribution in [0.4, 0.5) is 0 Å². The summed E-state index contributed by atoms with van der Waals surface area (Å²) in [5, 5.41) is 1.94.